The van der Waals surface area contributed by atoms with Gasteiger partial charge in [-0.1, -0.05) is 0 Å². The highest BCUT2D eigenvalue weighted by Gasteiger charge is 2.45. The number of hydrogen-bond acceptors (Lipinski definition) is 4. The molecular weight excluding hydrogens is 356 g/mol. The summed E-state index contributed by atoms with van der Waals surface area (Å²) in [5, 5.41) is 0.952. The number of piperidine rings is 1. The molecule has 0 radical (unpaired) electrons. The van der Waals surface area contributed by atoms with Crippen molar-refractivity contribution in [1.82, 2.24) is 9.47 Å². The number of likely N-dealkylation sites (tertiary alicyclic amines) is 1. The van der Waals surface area contributed by atoms with Crippen LogP contribution < -0.4 is 4.74 Å². The number of rotatable bonds is 3. The zero-order chi connectivity index (χ0) is 19.9. The fraction of sp³-hybridized carbons (Fsp3) is 0.591. The monoisotopic (exact) mass is 386 g/mol. The quantitative estimate of drug-likeness (QED) is 0.812. The van der Waals surface area contributed by atoms with E-state index in [1.54, 1.807) is 14.2 Å². The van der Waals surface area contributed by atoms with Crippen LogP contribution in [0.15, 0.2) is 18.2 Å². The summed E-state index contributed by atoms with van der Waals surface area (Å²) in [6.07, 6.45) is 3.85. The van der Waals surface area contributed by atoms with Gasteiger partial charge in [-0.05, 0) is 50.8 Å². The van der Waals surface area contributed by atoms with Crippen LogP contribution in [0.5, 0.6) is 5.75 Å². The molecule has 152 valence electrons. The molecule has 1 aromatic carbocycles. The Hall–Kier alpha value is -2.05. The van der Waals surface area contributed by atoms with E-state index < -0.39 is 0 Å². The van der Waals surface area contributed by atoms with Gasteiger partial charge in [-0.2, -0.15) is 0 Å². The third-order valence-corrected chi connectivity index (χ3v) is 6.68. The Bertz CT molecular complexity index is 880. The van der Waals surface area contributed by atoms with Crippen LogP contribution >= 0.6 is 0 Å². The van der Waals surface area contributed by atoms with Crippen LogP contribution in [0, 0.1) is 6.92 Å². The van der Waals surface area contributed by atoms with E-state index in [9.17, 15) is 4.79 Å². The average molecular weight is 386 g/mol. The molecule has 0 bridgehead atoms. The van der Waals surface area contributed by atoms with Crippen molar-refractivity contribution in [3.63, 3.8) is 0 Å². The lowest BCUT2D eigenvalue weighted by Crippen LogP contribution is -2.56. The first-order chi connectivity index (χ1) is 13.5. The minimum Gasteiger partial charge on any atom is -0.497 e. The largest absolute Gasteiger partial charge is 0.497 e. The van der Waals surface area contributed by atoms with Crippen LogP contribution in [0.2, 0.25) is 0 Å². The Morgan fingerprint density at radius 1 is 1.25 bits per heavy atom. The van der Waals surface area contributed by atoms with Crippen molar-refractivity contribution >= 4 is 16.8 Å². The summed E-state index contributed by atoms with van der Waals surface area (Å²) in [6.45, 7) is 4.18. The minimum absolute atomic E-state index is 0.0935. The number of benzene rings is 1. The second kappa shape index (κ2) is 7.41. The summed E-state index contributed by atoms with van der Waals surface area (Å²) < 4.78 is 19.4. The van der Waals surface area contributed by atoms with Crippen molar-refractivity contribution in [3.05, 3.63) is 29.5 Å². The molecule has 2 aromatic rings. The third-order valence-electron chi connectivity index (χ3n) is 6.68. The van der Waals surface area contributed by atoms with Crippen molar-refractivity contribution in [2.45, 2.75) is 44.3 Å². The molecule has 6 heteroatoms. The number of methoxy groups -OCH3 is 2. The summed E-state index contributed by atoms with van der Waals surface area (Å²) >= 11 is 0. The number of ether oxygens (including phenoxy) is 3. The maximum Gasteiger partial charge on any atom is 0.256 e. The van der Waals surface area contributed by atoms with E-state index in [1.807, 2.05) is 37.1 Å². The number of carbonyl (C=O) groups excluding carboxylic acids is 1. The summed E-state index contributed by atoms with van der Waals surface area (Å²) in [7, 11) is 5.43. The predicted octanol–water partition coefficient (Wildman–Crippen LogP) is 3.30. The Morgan fingerprint density at radius 2 is 2.00 bits per heavy atom. The zero-order valence-corrected chi connectivity index (χ0v) is 17.3. The fourth-order valence-electron chi connectivity index (χ4n) is 4.89. The van der Waals surface area contributed by atoms with Gasteiger partial charge in [0.1, 0.15) is 5.75 Å². The van der Waals surface area contributed by atoms with Gasteiger partial charge in [0.25, 0.3) is 5.91 Å². The molecular formula is C22H30N2O4. The van der Waals surface area contributed by atoms with Gasteiger partial charge >= 0.3 is 0 Å². The molecule has 0 unspecified atom stereocenters. The number of aryl methyl sites for hydroxylation is 1. The molecule has 0 N–H and O–H groups in total. The van der Waals surface area contributed by atoms with Gasteiger partial charge in [0.15, 0.2) is 0 Å². The molecule has 0 aliphatic carbocycles. The summed E-state index contributed by atoms with van der Waals surface area (Å²) in [6, 6.07) is 5.92. The topological polar surface area (TPSA) is 52.9 Å². The van der Waals surface area contributed by atoms with Crippen molar-refractivity contribution < 1.29 is 19.0 Å². The summed E-state index contributed by atoms with van der Waals surface area (Å²) in [5.74, 6) is 0.860. The number of hydrogen-bond donors (Lipinski definition) is 0. The van der Waals surface area contributed by atoms with Crippen molar-refractivity contribution in [1.29, 1.82) is 0 Å². The number of nitrogens with zero attached hydrogens (tertiary/aromatic N) is 2. The molecule has 2 saturated heterocycles. The Morgan fingerprint density at radius 3 is 2.68 bits per heavy atom. The van der Waals surface area contributed by atoms with E-state index in [-0.39, 0.29) is 17.6 Å². The van der Waals surface area contributed by atoms with Crippen LogP contribution in [0.1, 0.15) is 41.7 Å². The molecule has 0 saturated carbocycles. The van der Waals surface area contributed by atoms with Gasteiger partial charge in [0, 0.05) is 50.5 Å². The van der Waals surface area contributed by atoms with Crippen LogP contribution in [-0.2, 0) is 16.5 Å². The maximum atomic E-state index is 13.5. The lowest BCUT2D eigenvalue weighted by atomic mass is 9.81. The molecule has 6 nitrogen and oxygen atoms in total. The van der Waals surface area contributed by atoms with Gasteiger partial charge in [0.2, 0.25) is 0 Å². The van der Waals surface area contributed by atoms with Gasteiger partial charge in [-0.25, -0.2) is 0 Å². The Balaban J connectivity index is 1.60. The highest BCUT2D eigenvalue weighted by atomic mass is 16.5. The Labute approximate surface area is 166 Å². The summed E-state index contributed by atoms with van der Waals surface area (Å²) in [4.78, 5) is 15.4. The number of fused-ring (bicyclic) bond motifs is 1. The zero-order valence-electron chi connectivity index (χ0n) is 17.3. The maximum absolute atomic E-state index is 13.5. The standard InChI is InChI=1S/C22H30N2O4/c1-15-20(17-14-16(26-3)7-8-18(17)23(15)2)21(25)24-11-9-22(10-12-24)19(27-4)6-5-13-28-22/h7-8,14,19H,5-6,9-13H2,1-4H3/t19-/m1/s1. The molecule has 2 aliphatic rings. The van der Waals surface area contributed by atoms with Crippen LogP contribution in [-0.4, -0.2) is 61.0 Å². The van der Waals surface area contributed by atoms with E-state index in [0.29, 0.717) is 13.1 Å². The van der Waals surface area contributed by atoms with Crippen LogP contribution in [0.25, 0.3) is 10.9 Å². The van der Waals surface area contributed by atoms with E-state index in [2.05, 4.69) is 4.57 Å². The third kappa shape index (κ3) is 2.99. The molecule has 3 heterocycles. The van der Waals surface area contributed by atoms with E-state index >= 15 is 0 Å². The first-order valence-corrected chi connectivity index (χ1v) is 10.1. The molecule has 28 heavy (non-hydrogen) atoms. The molecule has 1 spiro atoms. The molecule has 1 amide bonds. The number of amides is 1. The molecule has 2 aliphatic heterocycles. The SMILES string of the molecule is COc1ccc2c(c1)c(C(=O)N1CCC3(CC1)OCCC[C@H]3OC)c(C)n2C. The first kappa shape index (κ1) is 19.3. The second-order valence-electron chi connectivity index (χ2n) is 7.97. The van der Waals surface area contributed by atoms with Gasteiger partial charge in [-0.15, -0.1) is 0 Å². The summed E-state index contributed by atoms with van der Waals surface area (Å²) in [5.41, 5.74) is 2.57. The van der Waals surface area contributed by atoms with Crippen LogP contribution in [0.3, 0.4) is 0 Å². The molecule has 1 aromatic heterocycles. The lowest BCUT2D eigenvalue weighted by molar-refractivity contribution is -0.183. The fourth-order valence-corrected chi connectivity index (χ4v) is 4.89. The number of carbonyl (C=O) groups is 1. The van der Waals surface area contributed by atoms with Crippen molar-refractivity contribution in [2.75, 3.05) is 33.9 Å². The minimum atomic E-state index is -0.235. The van der Waals surface area contributed by atoms with Crippen LogP contribution in [0.4, 0.5) is 0 Å². The van der Waals surface area contributed by atoms with E-state index in [0.717, 1.165) is 60.2 Å². The molecule has 4 rings (SSSR count). The highest BCUT2D eigenvalue weighted by Crippen LogP contribution is 2.38. The average Bonchev–Trinajstić information content (AvgIpc) is 2.98. The smallest absolute Gasteiger partial charge is 0.256 e. The van der Waals surface area contributed by atoms with Gasteiger partial charge < -0.3 is 23.7 Å². The normalized spacial score (nSPS) is 22.0. The second-order valence-corrected chi connectivity index (χ2v) is 7.97. The van der Waals surface area contributed by atoms with Gasteiger partial charge in [-0.3, -0.25) is 4.79 Å². The lowest BCUT2D eigenvalue weighted by Gasteiger charge is -2.48. The van der Waals surface area contributed by atoms with E-state index in [1.165, 1.54) is 0 Å². The van der Waals surface area contributed by atoms with Crippen molar-refractivity contribution in [2.24, 2.45) is 7.05 Å². The van der Waals surface area contributed by atoms with Crippen molar-refractivity contribution in [3.8, 4) is 5.75 Å². The molecule has 1 atom stereocenters. The molecule has 2 fully saturated rings. The van der Waals surface area contributed by atoms with E-state index in [4.69, 9.17) is 14.2 Å². The number of aromatic nitrogens is 1. The first-order valence-electron chi connectivity index (χ1n) is 10.1. The predicted molar refractivity (Wildman–Crippen MR) is 108 cm³/mol. The highest BCUT2D eigenvalue weighted by molar-refractivity contribution is 6.08. The van der Waals surface area contributed by atoms with Gasteiger partial charge in [0.05, 0.1) is 24.4 Å². The Kier molecular flexibility index (Phi) is 5.10.